The van der Waals surface area contributed by atoms with E-state index in [-0.39, 0.29) is 0 Å². The van der Waals surface area contributed by atoms with Gasteiger partial charge in [-0.25, -0.2) is 8.42 Å². The average Bonchev–Trinajstić information content (AvgIpc) is 2.29. The predicted molar refractivity (Wildman–Crippen MR) is 68.2 cm³/mol. The van der Waals surface area contributed by atoms with Gasteiger partial charge in [-0.15, -0.1) is 0 Å². The van der Waals surface area contributed by atoms with Gasteiger partial charge in [0.1, 0.15) is 0 Å². The molecular weight excluding hydrogens is 236 g/mol. The highest BCUT2D eigenvalue weighted by Crippen LogP contribution is 2.23. The Morgan fingerprint density at radius 1 is 1.12 bits per heavy atom. The molecule has 5 heteroatoms. The Labute approximate surface area is 102 Å². The van der Waals surface area contributed by atoms with Gasteiger partial charge in [0, 0.05) is 18.8 Å². The summed E-state index contributed by atoms with van der Waals surface area (Å²) >= 11 is 0. The lowest BCUT2D eigenvalue weighted by molar-refractivity contribution is 0.346. The van der Waals surface area contributed by atoms with E-state index in [2.05, 4.69) is 0 Å². The van der Waals surface area contributed by atoms with Crippen molar-refractivity contribution in [3.8, 4) is 0 Å². The molecular formula is C12H18N2O2S. The van der Waals surface area contributed by atoms with Crippen LogP contribution < -0.4 is 5.73 Å². The van der Waals surface area contributed by atoms with Crippen LogP contribution in [0.4, 0.5) is 5.69 Å². The molecule has 94 valence electrons. The van der Waals surface area contributed by atoms with E-state index in [1.807, 2.05) is 6.92 Å². The zero-order valence-corrected chi connectivity index (χ0v) is 10.8. The number of hydrogen-bond donors (Lipinski definition) is 1. The Balaban J connectivity index is 2.36. The van der Waals surface area contributed by atoms with Gasteiger partial charge >= 0.3 is 0 Å². The second-order valence-corrected chi connectivity index (χ2v) is 6.48. The van der Waals surface area contributed by atoms with Gasteiger partial charge in [-0.2, -0.15) is 4.31 Å². The number of piperidine rings is 1. The van der Waals surface area contributed by atoms with Gasteiger partial charge in [0.05, 0.1) is 4.90 Å². The van der Waals surface area contributed by atoms with Gasteiger partial charge in [-0.05, 0) is 43.5 Å². The monoisotopic (exact) mass is 254 g/mol. The van der Waals surface area contributed by atoms with E-state index in [4.69, 9.17) is 5.73 Å². The Bertz CT molecular complexity index is 485. The maximum Gasteiger partial charge on any atom is 0.243 e. The molecule has 0 atom stereocenters. The van der Waals surface area contributed by atoms with Gasteiger partial charge in [-0.3, -0.25) is 0 Å². The largest absolute Gasteiger partial charge is 0.399 e. The molecule has 1 saturated heterocycles. The summed E-state index contributed by atoms with van der Waals surface area (Å²) < 4.78 is 26.3. The molecule has 1 fully saturated rings. The highest BCUT2D eigenvalue weighted by atomic mass is 32.2. The fourth-order valence-electron chi connectivity index (χ4n) is 2.18. The molecule has 0 aliphatic carbocycles. The molecule has 2 rings (SSSR count). The Morgan fingerprint density at radius 3 is 2.35 bits per heavy atom. The number of nitrogen functional groups attached to an aromatic ring is 1. The third-order valence-electron chi connectivity index (χ3n) is 3.03. The first kappa shape index (κ1) is 12.4. The Hall–Kier alpha value is -1.07. The van der Waals surface area contributed by atoms with Crippen LogP contribution in [0.5, 0.6) is 0 Å². The number of benzene rings is 1. The summed E-state index contributed by atoms with van der Waals surface area (Å²) in [5.41, 5.74) is 7.08. The molecule has 0 amide bonds. The molecule has 17 heavy (non-hydrogen) atoms. The smallest absolute Gasteiger partial charge is 0.243 e. The van der Waals surface area contributed by atoms with E-state index in [1.165, 1.54) is 6.07 Å². The number of hydrogen-bond acceptors (Lipinski definition) is 3. The molecule has 1 aromatic carbocycles. The number of anilines is 1. The average molecular weight is 254 g/mol. The van der Waals surface area contributed by atoms with Crippen molar-refractivity contribution in [2.24, 2.45) is 0 Å². The summed E-state index contributed by atoms with van der Waals surface area (Å²) in [6.07, 6.45) is 3.00. The summed E-state index contributed by atoms with van der Waals surface area (Å²) in [6, 6.07) is 4.99. The molecule has 1 aromatic rings. The summed E-state index contributed by atoms with van der Waals surface area (Å²) in [5, 5.41) is 0. The number of aryl methyl sites for hydroxylation is 1. The summed E-state index contributed by atoms with van der Waals surface area (Å²) in [4.78, 5) is 0.317. The molecule has 0 saturated carbocycles. The molecule has 0 bridgehead atoms. The third kappa shape index (κ3) is 2.61. The minimum absolute atomic E-state index is 0.317. The van der Waals surface area contributed by atoms with Crippen LogP contribution in [0.1, 0.15) is 24.8 Å². The molecule has 4 nitrogen and oxygen atoms in total. The molecule has 1 aliphatic heterocycles. The van der Waals surface area contributed by atoms with Crippen molar-refractivity contribution in [3.63, 3.8) is 0 Å². The number of sulfonamides is 1. The van der Waals surface area contributed by atoms with Crippen LogP contribution in [0, 0.1) is 6.92 Å². The van der Waals surface area contributed by atoms with Crippen LogP contribution in [0.2, 0.25) is 0 Å². The van der Waals surface area contributed by atoms with E-state index in [1.54, 1.807) is 16.4 Å². The van der Waals surface area contributed by atoms with Crippen molar-refractivity contribution >= 4 is 15.7 Å². The second-order valence-electron chi connectivity index (χ2n) is 4.54. The molecule has 1 heterocycles. The number of nitrogens with zero attached hydrogens (tertiary/aromatic N) is 1. The summed E-state index contributed by atoms with van der Waals surface area (Å²) in [7, 11) is -3.35. The minimum atomic E-state index is -3.35. The topological polar surface area (TPSA) is 63.4 Å². The van der Waals surface area contributed by atoms with Crippen molar-refractivity contribution < 1.29 is 8.42 Å². The highest BCUT2D eigenvalue weighted by molar-refractivity contribution is 7.89. The molecule has 2 N–H and O–H groups in total. The van der Waals surface area contributed by atoms with Gasteiger partial charge < -0.3 is 5.73 Å². The lowest BCUT2D eigenvalue weighted by Crippen LogP contribution is -2.35. The van der Waals surface area contributed by atoms with Crippen LogP contribution >= 0.6 is 0 Å². The van der Waals surface area contributed by atoms with Crippen molar-refractivity contribution in [1.82, 2.24) is 4.31 Å². The van der Waals surface area contributed by atoms with E-state index in [0.29, 0.717) is 23.7 Å². The van der Waals surface area contributed by atoms with Crippen molar-refractivity contribution in [2.75, 3.05) is 18.8 Å². The van der Waals surface area contributed by atoms with E-state index in [9.17, 15) is 8.42 Å². The third-order valence-corrected chi connectivity index (χ3v) is 4.90. The Kier molecular flexibility index (Phi) is 3.40. The molecule has 1 aliphatic rings. The summed E-state index contributed by atoms with van der Waals surface area (Å²) in [6.45, 7) is 3.10. The maximum atomic E-state index is 12.4. The van der Waals surface area contributed by atoms with Crippen LogP contribution in [0.25, 0.3) is 0 Å². The number of rotatable bonds is 2. The molecule has 0 unspecified atom stereocenters. The Morgan fingerprint density at radius 2 is 1.76 bits per heavy atom. The summed E-state index contributed by atoms with van der Waals surface area (Å²) in [5.74, 6) is 0. The van der Waals surface area contributed by atoms with Gasteiger partial charge in [0.25, 0.3) is 0 Å². The zero-order chi connectivity index (χ0) is 12.5. The fraction of sp³-hybridized carbons (Fsp3) is 0.500. The first-order valence-corrected chi connectivity index (χ1v) is 7.31. The molecule has 0 spiro atoms. The first-order valence-electron chi connectivity index (χ1n) is 5.87. The van der Waals surface area contributed by atoms with Crippen molar-refractivity contribution in [3.05, 3.63) is 23.8 Å². The zero-order valence-electron chi connectivity index (χ0n) is 10.0. The lowest BCUT2D eigenvalue weighted by Gasteiger charge is -2.26. The van der Waals surface area contributed by atoms with Crippen LogP contribution in [0.15, 0.2) is 23.1 Å². The highest BCUT2D eigenvalue weighted by Gasteiger charge is 2.26. The standard InChI is InChI=1S/C12H18N2O2S/c1-10-7-11(13)9-12(8-10)17(15,16)14-5-3-2-4-6-14/h7-9H,2-6,13H2,1H3. The fourth-order valence-corrected chi connectivity index (χ4v) is 3.84. The first-order chi connectivity index (χ1) is 8.00. The van der Waals surface area contributed by atoms with Gasteiger partial charge in [-0.1, -0.05) is 6.42 Å². The molecule has 0 aromatic heterocycles. The van der Waals surface area contributed by atoms with Crippen molar-refractivity contribution in [1.29, 1.82) is 0 Å². The van der Waals surface area contributed by atoms with E-state index < -0.39 is 10.0 Å². The lowest BCUT2D eigenvalue weighted by atomic mass is 10.2. The van der Waals surface area contributed by atoms with E-state index in [0.717, 1.165) is 24.8 Å². The van der Waals surface area contributed by atoms with Gasteiger partial charge in [0.15, 0.2) is 0 Å². The minimum Gasteiger partial charge on any atom is -0.399 e. The van der Waals surface area contributed by atoms with Crippen molar-refractivity contribution in [2.45, 2.75) is 31.1 Å². The van der Waals surface area contributed by atoms with Gasteiger partial charge in [0.2, 0.25) is 10.0 Å². The predicted octanol–water partition coefficient (Wildman–Crippen LogP) is 1.75. The number of nitrogens with two attached hydrogens (primary N) is 1. The SMILES string of the molecule is Cc1cc(N)cc(S(=O)(=O)N2CCCCC2)c1. The van der Waals surface area contributed by atoms with Crippen LogP contribution in [-0.2, 0) is 10.0 Å². The normalized spacial score (nSPS) is 18.2. The van der Waals surface area contributed by atoms with Crippen LogP contribution in [-0.4, -0.2) is 25.8 Å². The van der Waals surface area contributed by atoms with Crippen LogP contribution in [0.3, 0.4) is 0 Å². The maximum absolute atomic E-state index is 12.4. The quantitative estimate of drug-likeness (QED) is 0.818. The molecule has 0 radical (unpaired) electrons. The van der Waals surface area contributed by atoms with E-state index >= 15 is 0 Å². The second kappa shape index (κ2) is 4.66.